The molecule has 0 spiro atoms. The first-order valence-corrected chi connectivity index (χ1v) is 10.00. The van der Waals surface area contributed by atoms with E-state index in [-0.39, 0.29) is 5.91 Å². The lowest BCUT2D eigenvalue weighted by Crippen LogP contribution is -2.20. The molecule has 3 aromatic rings. The van der Waals surface area contributed by atoms with E-state index in [0.29, 0.717) is 12.5 Å². The number of aliphatic imine (C=N–C) groups is 1. The summed E-state index contributed by atoms with van der Waals surface area (Å²) >= 11 is 1.49. The molecule has 0 fully saturated rings. The van der Waals surface area contributed by atoms with E-state index in [9.17, 15) is 4.79 Å². The highest BCUT2D eigenvalue weighted by Gasteiger charge is 2.13. The summed E-state index contributed by atoms with van der Waals surface area (Å²) in [6.07, 6.45) is 4.42. The zero-order valence-corrected chi connectivity index (χ0v) is 17.3. The zero-order chi connectivity index (χ0) is 20.4. The van der Waals surface area contributed by atoms with Gasteiger partial charge in [0.2, 0.25) is 5.95 Å². The molecular weight excluding hydrogens is 386 g/mol. The summed E-state index contributed by atoms with van der Waals surface area (Å²) in [6.45, 7) is 0.685. The van der Waals surface area contributed by atoms with Crippen LogP contribution in [0.2, 0.25) is 0 Å². The predicted octanol–water partition coefficient (Wildman–Crippen LogP) is 3.86. The van der Waals surface area contributed by atoms with Crippen molar-refractivity contribution in [1.82, 2.24) is 14.9 Å². The Labute approximate surface area is 172 Å². The summed E-state index contributed by atoms with van der Waals surface area (Å²) in [5.41, 5.74) is 2.39. The molecule has 29 heavy (non-hydrogen) atoms. The topological polar surface area (TPSA) is 79.7 Å². The fourth-order valence-electron chi connectivity index (χ4n) is 3.01. The molecule has 2 aromatic heterocycles. The molecule has 8 heteroatoms. The van der Waals surface area contributed by atoms with E-state index >= 15 is 0 Å². The average molecular weight is 407 g/mol. The van der Waals surface area contributed by atoms with Crippen LogP contribution >= 0.6 is 11.3 Å². The number of aromatic nitrogens is 2. The van der Waals surface area contributed by atoms with Crippen molar-refractivity contribution in [2.75, 3.05) is 33.1 Å². The van der Waals surface area contributed by atoms with Crippen molar-refractivity contribution in [1.29, 1.82) is 0 Å². The third-order valence-electron chi connectivity index (χ3n) is 4.51. The fraction of sp³-hybridized carbons (Fsp3) is 0.238. The maximum absolute atomic E-state index is 12.2. The Hall–Kier alpha value is -3.26. The Morgan fingerprint density at radius 3 is 2.90 bits per heavy atom. The number of fused-ring (bicyclic) bond motifs is 1. The molecule has 0 aliphatic carbocycles. The number of hydrogen-bond donors (Lipinski definition) is 1. The van der Waals surface area contributed by atoms with Crippen LogP contribution in [0.25, 0.3) is 10.1 Å². The largest absolute Gasteiger partial charge is 0.501 e. The van der Waals surface area contributed by atoms with Crippen LogP contribution in [0.4, 0.5) is 11.6 Å². The minimum absolute atomic E-state index is 0.00785. The van der Waals surface area contributed by atoms with E-state index in [0.717, 1.165) is 44.2 Å². The van der Waals surface area contributed by atoms with Crippen LogP contribution in [0.3, 0.4) is 0 Å². The molecule has 0 bridgehead atoms. The molecule has 1 aromatic carbocycles. The van der Waals surface area contributed by atoms with Crippen molar-refractivity contribution in [3.05, 3.63) is 58.9 Å². The van der Waals surface area contributed by atoms with Crippen molar-refractivity contribution in [3.63, 3.8) is 0 Å². The molecule has 4 rings (SSSR count). The van der Waals surface area contributed by atoms with Gasteiger partial charge in [0.15, 0.2) is 0 Å². The van der Waals surface area contributed by atoms with E-state index in [1.54, 1.807) is 32.3 Å². The van der Waals surface area contributed by atoms with E-state index in [2.05, 4.69) is 20.3 Å². The molecule has 1 amide bonds. The van der Waals surface area contributed by atoms with Gasteiger partial charge >= 0.3 is 0 Å². The Kier molecular flexibility index (Phi) is 5.26. The van der Waals surface area contributed by atoms with Gasteiger partial charge in [0.25, 0.3) is 5.91 Å². The van der Waals surface area contributed by atoms with E-state index in [1.165, 1.54) is 11.3 Å². The summed E-state index contributed by atoms with van der Waals surface area (Å²) in [6, 6.07) is 9.70. The lowest BCUT2D eigenvalue weighted by molar-refractivity contribution is 0.0832. The highest BCUT2D eigenvalue weighted by molar-refractivity contribution is 7.20. The van der Waals surface area contributed by atoms with Gasteiger partial charge in [0.05, 0.1) is 29.2 Å². The highest BCUT2D eigenvalue weighted by atomic mass is 32.1. The third-order valence-corrected chi connectivity index (χ3v) is 5.61. The van der Waals surface area contributed by atoms with E-state index in [4.69, 9.17) is 4.74 Å². The number of anilines is 2. The van der Waals surface area contributed by atoms with Crippen LogP contribution < -0.4 is 5.32 Å². The summed E-state index contributed by atoms with van der Waals surface area (Å²) in [4.78, 5) is 27.9. The maximum Gasteiger partial charge on any atom is 0.263 e. The van der Waals surface area contributed by atoms with Gasteiger partial charge in [-0.05, 0) is 35.7 Å². The fourth-order valence-corrected chi connectivity index (χ4v) is 4.07. The second-order valence-electron chi connectivity index (χ2n) is 6.79. The number of dihydropyridines is 1. The van der Waals surface area contributed by atoms with Crippen LogP contribution in [0, 0.1) is 0 Å². The quantitative estimate of drug-likeness (QED) is 0.695. The number of ether oxygens (including phenoxy) is 1. The van der Waals surface area contributed by atoms with Crippen LogP contribution in [0.5, 0.6) is 0 Å². The van der Waals surface area contributed by atoms with Gasteiger partial charge in [0, 0.05) is 49.7 Å². The molecule has 7 nitrogen and oxygen atoms in total. The lowest BCUT2D eigenvalue weighted by atomic mass is 10.1. The van der Waals surface area contributed by atoms with Crippen LogP contribution in [0.1, 0.15) is 21.8 Å². The Morgan fingerprint density at radius 2 is 2.10 bits per heavy atom. The standard InChI is InChI=1S/C21H21N5O2S/c1-26(2)20(27)19-11-13-10-14(4-5-18(13)29-19)24-21-23-9-7-16(25-21)17-12-15(28-3)6-8-22-17/h4-5,7,9-12H,6,8H2,1-3H3,(H,23,24,25). The Balaban J connectivity index is 1.58. The number of carbonyl (C=O) groups is 1. The predicted molar refractivity (Wildman–Crippen MR) is 116 cm³/mol. The van der Waals surface area contributed by atoms with E-state index in [1.807, 2.05) is 36.4 Å². The number of amides is 1. The van der Waals surface area contributed by atoms with Crippen LogP contribution in [-0.2, 0) is 4.74 Å². The van der Waals surface area contributed by atoms with E-state index < -0.39 is 0 Å². The van der Waals surface area contributed by atoms with Crippen LogP contribution in [-0.4, -0.2) is 54.2 Å². The second-order valence-corrected chi connectivity index (χ2v) is 7.87. The first-order valence-electron chi connectivity index (χ1n) is 9.18. The van der Waals surface area contributed by atoms with Crippen molar-refractivity contribution in [2.45, 2.75) is 6.42 Å². The molecule has 1 aliphatic rings. The minimum Gasteiger partial charge on any atom is -0.501 e. The molecule has 0 unspecified atom stereocenters. The number of thiophene rings is 1. The van der Waals surface area contributed by atoms with Gasteiger partial charge < -0.3 is 15.0 Å². The van der Waals surface area contributed by atoms with Gasteiger partial charge in [-0.2, -0.15) is 0 Å². The molecule has 0 atom stereocenters. The van der Waals surface area contributed by atoms with Gasteiger partial charge in [0.1, 0.15) is 0 Å². The monoisotopic (exact) mass is 407 g/mol. The van der Waals surface area contributed by atoms with Crippen molar-refractivity contribution < 1.29 is 9.53 Å². The number of benzene rings is 1. The molecule has 0 radical (unpaired) electrons. The Morgan fingerprint density at radius 1 is 1.24 bits per heavy atom. The minimum atomic E-state index is 0.00785. The number of allylic oxidation sites excluding steroid dienone is 1. The maximum atomic E-state index is 12.2. The molecule has 0 saturated heterocycles. The normalized spacial score (nSPS) is 13.6. The third kappa shape index (κ3) is 4.12. The number of rotatable bonds is 5. The lowest BCUT2D eigenvalue weighted by Gasteiger charge is -2.12. The van der Waals surface area contributed by atoms with Gasteiger partial charge in [-0.15, -0.1) is 11.3 Å². The van der Waals surface area contributed by atoms with Crippen LogP contribution in [0.15, 0.2) is 53.4 Å². The van der Waals surface area contributed by atoms with Crippen molar-refractivity contribution in [2.24, 2.45) is 4.99 Å². The zero-order valence-electron chi connectivity index (χ0n) is 16.5. The molecule has 3 heterocycles. The summed E-state index contributed by atoms with van der Waals surface area (Å²) in [7, 11) is 5.18. The smallest absolute Gasteiger partial charge is 0.263 e. The first-order chi connectivity index (χ1) is 14.0. The summed E-state index contributed by atoms with van der Waals surface area (Å²) in [5, 5.41) is 4.25. The summed E-state index contributed by atoms with van der Waals surface area (Å²) in [5.74, 6) is 1.39. The molecule has 148 valence electrons. The Bertz CT molecular complexity index is 1130. The summed E-state index contributed by atoms with van der Waals surface area (Å²) < 4.78 is 6.40. The molecule has 1 N–H and O–H groups in total. The van der Waals surface area contributed by atoms with Gasteiger partial charge in [-0.25, -0.2) is 9.97 Å². The highest BCUT2D eigenvalue weighted by Crippen LogP contribution is 2.29. The first kappa shape index (κ1) is 19.1. The number of methoxy groups -OCH3 is 1. The number of nitrogens with one attached hydrogen (secondary N) is 1. The van der Waals surface area contributed by atoms with Gasteiger partial charge in [-0.1, -0.05) is 0 Å². The van der Waals surface area contributed by atoms with Gasteiger partial charge in [-0.3, -0.25) is 9.79 Å². The average Bonchev–Trinajstić information content (AvgIpc) is 3.16. The SMILES string of the molecule is COC1=CC(c2ccnc(Nc3ccc4sc(C(=O)N(C)C)cc4c3)n2)=NCC1. The number of nitrogens with zero attached hydrogens (tertiary/aromatic N) is 4. The second kappa shape index (κ2) is 8.00. The number of hydrogen-bond acceptors (Lipinski definition) is 7. The molecule has 1 aliphatic heterocycles. The molecule has 0 saturated carbocycles. The number of carbonyl (C=O) groups excluding carboxylic acids is 1. The van der Waals surface area contributed by atoms with Crippen molar-refractivity contribution >= 4 is 44.7 Å². The van der Waals surface area contributed by atoms with Crippen molar-refractivity contribution in [3.8, 4) is 0 Å². The molecular formula is C21H21N5O2S.